The van der Waals surface area contributed by atoms with Gasteiger partial charge >= 0.3 is 0 Å². The van der Waals surface area contributed by atoms with E-state index in [1.54, 1.807) is 0 Å². The highest BCUT2D eigenvalue weighted by molar-refractivity contribution is 5.16. The highest BCUT2D eigenvalue weighted by Crippen LogP contribution is 2.51. The second-order valence-electron chi connectivity index (χ2n) is 5.98. The van der Waals surface area contributed by atoms with E-state index in [9.17, 15) is 5.11 Å². The molecule has 1 aromatic heterocycles. The third kappa shape index (κ3) is 2.45. The van der Waals surface area contributed by atoms with Crippen molar-refractivity contribution in [2.24, 2.45) is 5.41 Å². The molecule has 0 bridgehead atoms. The molecule has 2 atom stereocenters. The van der Waals surface area contributed by atoms with Crippen LogP contribution in [0.5, 0.6) is 0 Å². The van der Waals surface area contributed by atoms with Crippen molar-refractivity contribution >= 4 is 0 Å². The van der Waals surface area contributed by atoms with Gasteiger partial charge in [0.05, 0.1) is 24.8 Å². The fraction of sp³-hybridized carbons (Fsp3) is 0.733. The Balaban J connectivity index is 2.00. The van der Waals surface area contributed by atoms with E-state index in [0.717, 1.165) is 17.9 Å². The molecule has 1 heterocycles. The summed E-state index contributed by atoms with van der Waals surface area (Å²) in [7, 11) is 0. The van der Waals surface area contributed by atoms with Gasteiger partial charge in [0.2, 0.25) is 0 Å². The molecule has 0 amide bonds. The van der Waals surface area contributed by atoms with Gasteiger partial charge in [-0.2, -0.15) is 0 Å². The van der Waals surface area contributed by atoms with Crippen molar-refractivity contribution in [3.05, 3.63) is 23.7 Å². The third-order valence-electron chi connectivity index (χ3n) is 4.61. The number of nitrogens with one attached hydrogen (secondary N) is 1. The standard InChI is InChI=1S/C15H25NO3/c1-5-18-13-8-15(10-17,14(13,3)4)16-9-12-7-6-11(2)19-12/h6-7,13,16-17H,5,8-10H2,1-4H3. The lowest BCUT2D eigenvalue weighted by atomic mass is 9.54. The molecule has 1 aromatic rings. The van der Waals surface area contributed by atoms with Gasteiger partial charge in [0.15, 0.2) is 0 Å². The molecule has 2 N–H and O–H groups in total. The number of aliphatic hydroxyl groups excluding tert-OH is 1. The van der Waals surface area contributed by atoms with Crippen LogP contribution < -0.4 is 5.32 Å². The first-order valence-corrected chi connectivity index (χ1v) is 6.98. The third-order valence-corrected chi connectivity index (χ3v) is 4.61. The summed E-state index contributed by atoms with van der Waals surface area (Å²) in [5.74, 6) is 1.82. The fourth-order valence-corrected chi connectivity index (χ4v) is 2.94. The van der Waals surface area contributed by atoms with Crippen molar-refractivity contribution in [2.75, 3.05) is 13.2 Å². The summed E-state index contributed by atoms with van der Waals surface area (Å²) in [6.45, 7) is 9.70. The maximum absolute atomic E-state index is 9.79. The molecule has 4 nitrogen and oxygen atoms in total. The van der Waals surface area contributed by atoms with Gasteiger partial charge in [0.1, 0.15) is 11.5 Å². The number of ether oxygens (including phenoxy) is 1. The van der Waals surface area contributed by atoms with Crippen molar-refractivity contribution in [1.82, 2.24) is 5.32 Å². The molecule has 108 valence electrons. The largest absolute Gasteiger partial charge is 0.465 e. The zero-order valence-electron chi connectivity index (χ0n) is 12.3. The molecule has 1 saturated carbocycles. The van der Waals surface area contributed by atoms with Crippen LogP contribution in [-0.4, -0.2) is 30.0 Å². The Morgan fingerprint density at radius 1 is 1.47 bits per heavy atom. The van der Waals surface area contributed by atoms with E-state index < -0.39 is 0 Å². The molecule has 19 heavy (non-hydrogen) atoms. The number of aliphatic hydroxyl groups is 1. The van der Waals surface area contributed by atoms with Gasteiger partial charge in [-0.05, 0) is 32.4 Å². The normalized spacial score (nSPS) is 29.2. The van der Waals surface area contributed by atoms with Crippen molar-refractivity contribution in [1.29, 1.82) is 0 Å². The summed E-state index contributed by atoms with van der Waals surface area (Å²) >= 11 is 0. The Labute approximate surface area is 115 Å². The smallest absolute Gasteiger partial charge is 0.117 e. The molecule has 2 rings (SSSR count). The average Bonchev–Trinajstić information content (AvgIpc) is 2.79. The lowest BCUT2D eigenvalue weighted by molar-refractivity contribution is -0.178. The van der Waals surface area contributed by atoms with Gasteiger partial charge in [-0.3, -0.25) is 0 Å². The molecule has 1 fully saturated rings. The minimum absolute atomic E-state index is 0.0839. The highest BCUT2D eigenvalue weighted by atomic mass is 16.5. The zero-order chi connectivity index (χ0) is 14.1. The summed E-state index contributed by atoms with van der Waals surface area (Å²) < 4.78 is 11.3. The van der Waals surface area contributed by atoms with E-state index in [-0.39, 0.29) is 23.7 Å². The number of furan rings is 1. The van der Waals surface area contributed by atoms with Crippen LogP contribution in [0, 0.1) is 12.3 Å². The van der Waals surface area contributed by atoms with Gasteiger partial charge in [0.25, 0.3) is 0 Å². The SMILES string of the molecule is CCOC1CC(CO)(NCc2ccc(C)o2)C1(C)C. The Bertz CT molecular complexity index is 427. The maximum atomic E-state index is 9.79. The Hall–Kier alpha value is -0.840. The van der Waals surface area contributed by atoms with Crippen molar-refractivity contribution < 1.29 is 14.3 Å². The van der Waals surface area contributed by atoms with Crippen molar-refractivity contribution in [3.8, 4) is 0 Å². The second-order valence-corrected chi connectivity index (χ2v) is 5.98. The lowest BCUT2D eigenvalue weighted by Crippen LogP contribution is -2.73. The molecule has 0 aromatic carbocycles. The Morgan fingerprint density at radius 2 is 2.21 bits per heavy atom. The molecule has 2 unspecified atom stereocenters. The quantitative estimate of drug-likeness (QED) is 0.830. The first kappa shape index (κ1) is 14.6. The van der Waals surface area contributed by atoms with Crippen LogP contribution in [-0.2, 0) is 11.3 Å². The lowest BCUT2D eigenvalue weighted by Gasteiger charge is -2.60. The van der Waals surface area contributed by atoms with Crippen LogP contribution in [0.4, 0.5) is 0 Å². The molecular weight excluding hydrogens is 242 g/mol. The monoisotopic (exact) mass is 267 g/mol. The van der Waals surface area contributed by atoms with Crippen molar-refractivity contribution in [2.45, 2.75) is 52.3 Å². The van der Waals surface area contributed by atoms with Gasteiger partial charge < -0.3 is 19.6 Å². The summed E-state index contributed by atoms with van der Waals surface area (Å²) in [5.41, 5.74) is -0.368. The van der Waals surface area contributed by atoms with Gasteiger partial charge in [-0.15, -0.1) is 0 Å². The zero-order valence-corrected chi connectivity index (χ0v) is 12.3. The molecule has 1 aliphatic rings. The van der Waals surface area contributed by atoms with Crippen LogP contribution in [0.1, 0.15) is 38.7 Å². The van der Waals surface area contributed by atoms with E-state index in [1.165, 1.54) is 0 Å². The first-order chi connectivity index (χ1) is 8.95. The van der Waals surface area contributed by atoms with E-state index >= 15 is 0 Å². The Kier molecular flexibility index (Phi) is 4.04. The number of hydrogen-bond acceptors (Lipinski definition) is 4. The van der Waals surface area contributed by atoms with E-state index in [1.807, 2.05) is 26.0 Å². The maximum Gasteiger partial charge on any atom is 0.117 e. The fourth-order valence-electron chi connectivity index (χ4n) is 2.94. The molecule has 0 aliphatic heterocycles. The van der Waals surface area contributed by atoms with E-state index in [0.29, 0.717) is 13.2 Å². The first-order valence-electron chi connectivity index (χ1n) is 6.98. The van der Waals surface area contributed by atoms with Crippen LogP contribution in [0.15, 0.2) is 16.5 Å². The summed E-state index contributed by atoms with van der Waals surface area (Å²) in [6, 6.07) is 3.93. The second kappa shape index (κ2) is 5.27. The number of hydrogen-bond donors (Lipinski definition) is 2. The molecule has 1 aliphatic carbocycles. The van der Waals surface area contributed by atoms with Crippen LogP contribution >= 0.6 is 0 Å². The highest BCUT2D eigenvalue weighted by Gasteiger charge is 2.60. The number of aryl methyl sites for hydroxylation is 1. The minimum Gasteiger partial charge on any atom is -0.465 e. The summed E-state index contributed by atoms with van der Waals surface area (Å²) in [5, 5.41) is 13.3. The predicted molar refractivity (Wildman–Crippen MR) is 73.9 cm³/mol. The Morgan fingerprint density at radius 3 is 2.68 bits per heavy atom. The molecule has 4 heteroatoms. The number of rotatable bonds is 6. The van der Waals surface area contributed by atoms with Gasteiger partial charge in [-0.1, -0.05) is 13.8 Å². The van der Waals surface area contributed by atoms with Crippen LogP contribution in [0.25, 0.3) is 0 Å². The summed E-state index contributed by atoms with van der Waals surface area (Å²) in [4.78, 5) is 0. The molecule has 0 saturated heterocycles. The van der Waals surface area contributed by atoms with Gasteiger partial charge in [-0.25, -0.2) is 0 Å². The van der Waals surface area contributed by atoms with Crippen LogP contribution in [0.3, 0.4) is 0 Å². The van der Waals surface area contributed by atoms with Gasteiger partial charge in [0, 0.05) is 12.0 Å². The minimum atomic E-state index is -0.284. The molecule has 0 radical (unpaired) electrons. The molecule has 0 spiro atoms. The van der Waals surface area contributed by atoms with E-state index in [2.05, 4.69) is 19.2 Å². The van der Waals surface area contributed by atoms with Crippen molar-refractivity contribution in [3.63, 3.8) is 0 Å². The van der Waals surface area contributed by atoms with Crippen LogP contribution in [0.2, 0.25) is 0 Å². The van der Waals surface area contributed by atoms with E-state index in [4.69, 9.17) is 9.15 Å². The average molecular weight is 267 g/mol. The predicted octanol–water partition coefficient (Wildman–Crippen LogP) is 2.24. The molecular formula is C15H25NO3. The topological polar surface area (TPSA) is 54.6 Å². The summed E-state index contributed by atoms with van der Waals surface area (Å²) in [6.07, 6.45) is 1.04.